The molecule has 2 aliphatic heterocycles. The summed E-state index contributed by atoms with van der Waals surface area (Å²) in [6.07, 6.45) is 6.46. The molecule has 0 saturated heterocycles. The first kappa shape index (κ1) is 25.1. The quantitative estimate of drug-likeness (QED) is 0.140. The Labute approximate surface area is 256 Å². The van der Waals surface area contributed by atoms with Crippen molar-refractivity contribution < 1.29 is 0 Å². The lowest BCUT2D eigenvalue weighted by atomic mass is 9.62. The highest BCUT2D eigenvalue weighted by atomic mass is 32.1. The fraction of sp³-hybridized carbons (Fsp3) is 0.100. The summed E-state index contributed by atoms with van der Waals surface area (Å²) in [7, 11) is -2.04. The number of hydrogen-bond acceptors (Lipinski definition) is 1. The van der Waals surface area contributed by atoms with E-state index in [9.17, 15) is 0 Å². The number of aromatic nitrogens is 1. The lowest BCUT2D eigenvalue weighted by Gasteiger charge is -2.50. The SMILES string of the molecule is C=C/C=C\C1=C(C)[Si](C)(C)c2cc3sc4ccccc4c3cc2C12c1ccccc1-n1c3ccccc3c3cccc2c31. The van der Waals surface area contributed by atoms with E-state index in [0.29, 0.717) is 0 Å². The van der Waals surface area contributed by atoms with Gasteiger partial charge in [-0.3, -0.25) is 0 Å². The molecule has 1 unspecified atom stereocenters. The van der Waals surface area contributed by atoms with Gasteiger partial charge in [-0.1, -0.05) is 116 Å². The summed E-state index contributed by atoms with van der Waals surface area (Å²) < 4.78 is 5.28. The number of para-hydroxylation sites is 3. The molecule has 0 amide bonds. The first-order chi connectivity index (χ1) is 21.0. The van der Waals surface area contributed by atoms with Gasteiger partial charge in [0.2, 0.25) is 0 Å². The summed E-state index contributed by atoms with van der Waals surface area (Å²) in [5.41, 5.74) is 8.98. The van der Waals surface area contributed by atoms with Crippen molar-refractivity contribution in [1.82, 2.24) is 4.57 Å². The van der Waals surface area contributed by atoms with Crippen molar-refractivity contribution in [3.05, 3.63) is 155 Å². The second-order valence-corrected chi connectivity index (χ2v) is 18.2. The van der Waals surface area contributed by atoms with Gasteiger partial charge in [-0.05, 0) is 64.7 Å². The Balaban J connectivity index is 1.57. The minimum absolute atomic E-state index is 0.459. The van der Waals surface area contributed by atoms with E-state index in [1.807, 2.05) is 17.4 Å². The summed E-state index contributed by atoms with van der Waals surface area (Å²) in [4.78, 5) is 0. The fourth-order valence-electron chi connectivity index (χ4n) is 8.26. The highest BCUT2D eigenvalue weighted by Crippen LogP contribution is 2.58. The van der Waals surface area contributed by atoms with E-state index >= 15 is 0 Å². The standard InChI is InChI=1S/C40H31NSSi/c1-5-6-17-30-25(2)43(3,4)38-24-37-29(27-15-8-12-22-36(27)42-37)23-33(38)40(30)31-18-9-11-21-35(31)41-34-20-10-7-14-26(34)28-16-13-19-32(40)39(28)41/h5-24H,1H2,2-4H3/b17-6-. The second-order valence-electron chi connectivity index (χ2n) is 12.6. The van der Waals surface area contributed by atoms with Crippen molar-refractivity contribution in [2.75, 3.05) is 0 Å². The van der Waals surface area contributed by atoms with Gasteiger partial charge >= 0.3 is 0 Å². The molecular weight excluding hydrogens is 555 g/mol. The topological polar surface area (TPSA) is 4.93 Å². The van der Waals surface area contributed by atoms with Crippen LogP contribution in [0.4, 0.5) is 0 Å². The maximum absolute atomic E-state index is 4.10. The largest absolute Gasteiger partial charge is 0.309 e. The van der Waals surface area contributed by atoms with Gasteiger partial charge in [0.05, 0.1) is 22.1 Å². The molecule has 2 aliphatic rings. The zero-order valence-corrected chi connectivity index (χ0v) is 26.4. The molecule has 0 fully saturated rings. The van der Waals surface area contributed by atoms with Gasteiger partial charge in [-0.2, -0.15) is 0 Å². The normalized spacial score (nSPS) is 18.8. The molecule has 0 radical (unpaired) electrons. The van der Waals surface area contributed by atoms with E-state index in [1.165, 1.54) is 75.1 Å². The number of allylic oxidation sites excluding steroid dienone is 5. The number of fused-ring (bicyclic) bond motifs is 12. The van der Waals surface area contributed by atoms with Crippen molar-refractivity contribution in [2.45, 2.75) is 25.4 Å². The minimum atomic E-state index is -2.04. The highest BCUT2D eigenvalue weighted by molar-refractivity contribution is 7.26. The van der Waals surface area contributed by atoms with Crippen molar-refractivity contribution in [1.29, 1.82) is 0 Å². The lowest BCUT2D eigenvalue weighted by molar-refractivity contribution is 0.722. The molecule has 0 aliphatic carbocycles. The predicted molar refractivity (Wildman–Crippen MR) is 189 cm³/mol. The Morgan fingerprint density at radius 2 is 1.44 bits per heavy atom. The molecule has 206 valence electrons. The third kappa shape index (κ3) is 2.96. The Morgan fingerprint density at radius 3 is 2.30 bits per heavy atom. The van der Waals surface area contributed by atoms with Crippen LogP contribution in [0.5, 0.6) is 0 Å². The Bertz CT molecular complexity index is 2410. The second kappa shape index (κ2) is 8.56. The predicted octanol–water partition coefficient (Wildman–Crippen LogP) is 10.3. The Morgan fingerprint density at radius 1 is 0.721 bits per heavy atom. The van der Waals surface area contributed by atoms with Crippen LogP contribution < -0.4 is 5.19 Å². The average molecular weight is 586 g/mol. The molecule has 9 rings (SSSR count). The third-order valence-corrected chi connectivity index (χ3v) is 15.4. The van der Waals surface area contributed by atoms with E-state index in [4.69, 9.17) is 0 Å². The molecule has 7 aromatic rings. The van der Waals surface area contributed by atoms with Crippen LogP contribution >= 0.6 is 11.3 Å². The Kier molecular flexibility index (Phi) is 5.00. The van der Waals surface area contributed by atoms with Crippen LogP contribution in [-0.4, -0.2) is 12.6 Å². The maximum atomic E-state index is 4.10. The molecule has 4 heterocycles. The monoisotopic (exact) mass is 585 g/mol. The molecule has 2 aromatic heterocycles. The van der Waals surface area contributed by atoms with Crippen LogP contribution in [0.2, 0.25) is 13.1 Å². The highest BCUT2D eigenvalue weighted by Gasteiger charge is 2.53. The first-order valence-electron chi connectivity index (χ1n) is 15.1. The third-order valence-electron chi connectivity index (χ3n) is 10.4. The molecule has 0 saturated carbocycles. The summed E-state index contributed by atoms with van der Waals surface area (Å²) >= 11 is 1.93. The molecule has 3 heteroatoms. The van der Waals surface area contributed by atoms with Crippen molar-refractivity contribution in [3.63, 3.8) is 0 Å². The molecular formula is C40H31NSSi. The van der Waals surface area contributed by atoms with Crippen molar-refractivity contribution in [2.24, 2.45) is 0 Å². The minimum Gasteiger partial charge on any atom is -0.309 e. The fourth-order valence-corrected chi connectivity index (χ4v) is 12.3. The van der Waals surface area contributed by atoms with Gasteiger partial charge < -0.3 is 4.57 Å². The molecule has 1 nitrogen and oxygen atoms in total. The van der Waals surface area contributed by atoms with Crippen molar-refractivity contribution in [3.8, 4) is 5.69 Å². The van der Waals surface area contributed by atoms with Crippen LogP contribution in [0, 0.1) is 0 Å². The van der Waals surface area contributed by atoms with Crippen LogP contribution in [0.1, 0.15) is 23.6 Å². The van der Waals surface area contributed by atoms with Gasteiger partial charge in [0.25, 0.3) is 0 Å². The number of thiophene rings is 1. The molecule has 0 bridgehead atoms. The summed E-state index contributed by atoms with van der Waals surface area (Å²) in [6.45, 7) is 11.6. The van der Waals surface area contributed by atoms with E-state index in [1.54, 1.807) is 5.19 Å². The van der Waals surface area contributed by atoms with Crippen LogP contribution in [0.25, 0.3) is 47.7 Å². The zero-order valence-electron chi connectivity index (χ0n) is 24.6. The molecule has 0 N–H and O–H groups in total. The molecule has 43 heavy (non-hydrogen) atoms. The van der Waals surface area contributed by atoms with Crippen molar-refractivity contribution >= 4 is 66.6 Å². The van der Waals surface area contributed by atoms with E-state index < -0.39 is 13.5 Å². The van der Waals surface area contributed by atoms with Crippen LogP contribution in [0.15, 0.2) is 139 Å². The smallest absolute Gasteiger partial charge is 0.108 e. The summed E-state index contributed by atoms with van der Waals surface area (Å²) in [5, 5.41) is 8.43. The number of hydrogen-bond donors (Lipinski definition) is 0. The first-order valence-corrected chi connectivity index (χ1v) is 18.9. The molecule has 5 aromatic carbocycles. The summed E-state index contributed by atoms with van der Waals surface area (Å²) in [6, 6.07) is 39.1. The summed E-state index contributed by atoms with van der Waals surface area (Å²) in [5.74, 6) is 0. The molecule has 1 atom stereocenters. The van der Waals surface area contributed by atoms with E-state index in [2.05, 4.69) is 146 Å². The van der Waals surface area contributed by atoms with Crippen LogP contribution in [0.3, 0.4) is 0 Å². The zero-order chi connectivity index (χ0) is 29.1. The van der Waals surface area contributed by atoms with Gasteiger partial charge in [0, 0.05) is 30.9 Å². The van der Waals surface area contributed by atoms with Gasteiger partial charge in [0.1, 0.15) is 8.07 Å². The number of nitrogens with zero attached hydrogens (tertiary/aromatic N) is 1. The molecule has 1 spiro atoms. The van der Waals surface area contributed by atoms with Crippen LogP contribution in [-0.2, 0) is 5.41 Å². The van der Waals surface area contributed by atoms with Gasteiger partial charge in [0.15, 0.2) is 0 Å². The Hall–Kier alpha value is -4.44. The number of rotatable bonds is 2. The lowest BCUT2D eigenvalue weighted by Crippen LogP contribution is -2.55. The van der Waals surface area contributed by atoms with Gasteiger partial charge in [-0.25, -0.2) is 0 Å². The van der Waals surface area contributed by atoms with E-state index in [-0.39, 0.29) is 0 Å². The number of benzene rings is 5. The average Bonchev–Trinajstić information content (AvgIpc) is 3.57. The van der Waals surface area contributed by atoms with Gasteiger partial charge in [-0.15, -0.1) is 11.3 Å². The maximum Gasteiger partial charge on any atom is 0.108 e. The van der Waals surface area contributed by atoms with E-state index in [0.717, 1.165) is 0 Å².